The predicted molar refractivity (Wildman–Crippen MR) is 79.7 cm³/mol. The highest BCUT2D eigenvalue weighted by molar-refractivity contribution is 6.08. The number of ether oxygens (including phenoxy) is 1. The van der Waals surface area contributed by atoms with E-state index in [0.29, 0.717) is 5.56 Å². The Hall–Kier alpha value is -2.55. The first-order chi connectivity index (χ1) is 9.72. The van der Waals surface area contributed by atoms with E-state index in [1.807, 2.05) is 54.2 Å². The van der Waals surface area contributed by atoms with Gasteiger partial charge < -0.3 is 9.30 Å². The smallest absolute Gasteiger partial charge is 0.340 e. The number of aromatic nitrogens is 1. The number of aryl methyl sites for hydroxylation is 1. The monoisotopic (exact) mass is 265 g/mol. The van der Waals surface area contributed by atoms with Gasteiger partial charge in [0.05, 0.1) is 18.2 Å². The normalized spacial score (nSPS) is 10.7. The molecule has 0 aliphatic heterocycles. The summed E-state index contributed by atoms with van der Waals surface area (Å²) in [7, 11) is 3.34. The molecule has 0 N–H and O–H groups in total. The average molecular weight is 265 g/mol. The molecule has 0 aliphatic carbocycles. The number of hydrogen-bond donors (Lipinski definition) is 0. The lowest BCUT2D eigenvalue weighted by Gasteiger charge is -2.09. The number of hydrogen-bond acceptors (Lipinski definition) is 2. The summed E-state index contributed by atoms with van der Waals surface area (Å²) in [6.45, 7) is 0. The average Bonchev–Trinajstić information content (AvgIpc) is 2.89. The molecule has 1 heterocycles. The molecular formula is C17H15NO2. The first-order valence-corrected chi connectivity index (χ1v) is 6.44. The molecular weight excluding hydrogens is 250 g/mol. The van der Waals surface area contributed by atoms with E-state index in [4.69, 9.17) is 4.74 Å². The fourth-order valence-corrected chi connectivity index (χ4v) is 2.56. The van der Waals surface area contributed by atoms with E-state index in [-0.39, 0.29) is 5.97 Å². The molecule has 0 saturated heterocycles. The van der Waals surface area contributed by atoms with Crippen LogP contribution in [0.4, 0.5) is 0 Å². The number of methoxy groups -OCH3 is 1. The molecule has 0 saturated carbocycles. The van der Waals surface area contributed by atoms with Gasteiger partial charge in [0.15, 0.2) is 0 Å². The Labute approximate surface area is 117 Å². The van der Waals surface area contributed by atoms with Crippen LogP contribution in [0.2, 0.25) is 0 Å². The van der Waals surface area contributed by atoms with Crippen molar-refractivity contribution in [3.63, 3.8) is 0 Å². The second-order valence-electron chi connectivity index (χ2n) is 4.71. The van der Waals surface area contributed by atoms with Crippen LogP contribution >= 0.6 is 0 Å². The minimum atomic E-state index is -0.309. The van der Waals surface area contributed by atoms with Crippen LogP contribution in [-0.4, -0.2) is 17.6 Å². The molecule has 20 heavy (non-hydrogen) atoms. The van der Waals surface area contributed by atoms with Crippen molar-refractivity contribution in [2.24, 2.45) is 7.05 Å². The van der Waals surface area contributed by atoms with Gasteiger partial charge in [0.25, 0.3) is 0 Å². The van der Waals surface area contributed by atoms with E-state index in [1.54, 1.807) is 0 Å². The van der Waals surface area contributed by atoms with Crippen LogP contribution in [0, 0.1) is 0 Å². The topological polar surface area (TPSA) is 31.2 Å². The summed E-state index contributed by atoms with van der Waals surface area (Å²) in [5.74, 6) is -0.309. The summed E-state index contributed by atoms with van der Waals surface area (Å²) in [4.78, 5) is 11.9. The minimum Gasteiger partial charge on any atom is -0.465 e. The lowest BCUT2D eigenvalue weighted by atomic mass is 9.99. The summed E-state index contributed by atoms with van der Waals surface area (Å²) in [5.41, 5.74) is 3.75. The zero-order valence-electron chi connectivity index (χ0n) is 11.5. The third-order valence-corrected chi connectivity index (χ3v) is 3.52. The van der Waals surface area contributed by atoms with E-state index in [0.717, 1.165) is 22.0 Å². The molecule has 2 aromatic carbocycles. The lowest BCUT2D eigenvalue weighted by Crippen LogP contribution is -2.04. The number of carbonyl (C=O) groups is 1. The summed E-state index contributed by atoms with van der Waals surface area (Å²) in [6.07, 6.45) is 1.96. The molecule has 0 aliphatic rings. The fraction of sp³-hybridized carbons (Fsp3) is 0.118. The molecule has 0 unspecified atom stereocenters. The van der Waals surface area contributed by atoms with Gasteiger partial charge in [-0.15, -0.1) is 0 Å². The Morgan fingerprint density at radius 3 is 2.50 bits per heavy atom. The lowest BCUT2D eigenvalue weighted by molar-refractivity contribution is 0.0602. The predicted octanol–water partition coefficient (Wildman–Crippen LogP) is 3.63. The molecule has 3 nitrogen and oxygen atoms in total. The van der Waals surface area contributed by atoms with Crippen molar-refractivity contribution in [3.05, 3.63) is 60.3 Å². The van der Waals surface area contributed by atoms with Crippen LogP contribution in [0.15, 0.2) is 54.7 Å². The number of fused-ring (bicyclic) bond motifs is 1. The Kier molecular flexibility index (Phi) is 3.03. The third-order valence-electron chi connectivity index (χ3n) is 3.52. The van der Waals surface area contributed by atoms with E-state index in [9.17, 15) is 4.79 Å². The third kappa shape index (κ3) is 1.88. The highest BCUT2D eigenvalue weighted by atomic mass is 16.5. The fourth-order valence-electron chi connectivity index (χ4n) is 2.56. The molecule has 0 amide bonds. The van der Waals surface area contributed by atoms with Crippen LogP contribution < -0.4 is 0 Å². The Morgan fingerprint density at radius 1 is 1.05 bits per heavy atom. The Balaban J connectivity index is 2.31. The van der Waals surface area contributed by atoms with E-state index < -0.39 is 0 Å². The zero-order chi connectivity index (χ0) is 14.1. The van der Waals surface area contributed by atoms with Gasteiger partial charge in [0.1, 0.15) is 0 Å². The SMILES string of the molecule is COC(=O)c1ccc(-c2ccccc2)c2ccn(C)c12. The van der Waals surface area contributed by atoms with Gasteiger partial charge in [-0.25, -0.2) is 4.79 Å². The van der Waals surface area contributed by atoms with E-state index >= 15 is 0 Å². The molecule has 0 radical (unpaired) electrons. The largest absolute Gasteiger partial charge is 0.465 e. The van der Waals surface area contributed by atoms with Crippen LogP contribution in [0.5, 0.6) is 0 Å². The Morgan fingerprint density at radius 2 is 1.80 bits per heavy atom. The molecule has 100 valence electrons. The zero-order valence-corrected chi connectivity index (χ0v) is 11.5. The molecule has 0 fully saturated rings. The number of nitrogens with zero attached hydrogens (tertiary/aromatic N) is 1. The second-order valence-corrected chi connectivity index (χ2v) is 4.71. The molecule has 3 aromatic rings. The van der Waals surface area contributed by atoms with Crippen LogP contribution in [-0.2, 0) is 11.8 Å². The van der Waals surface area contributed by atoms with Gasteiger partial charge in [0.2, 0.25) is 0 Å². The molecule has 0 atom stereocenters. The van der Waals surface area contributed by atoms with Gasteiger partial charge in [-0.2, -0.15) is 0 Å². The van der Waals surface area contributed by atoms with Crippen molar-refractivity contribution in [2.45, 2.75) is 0 Å². The van der Waals surface area contributed by atoms with Gasteiger partial charge in [-0.05, 0) is 23.3 Å². The van der Waals surface area contributed by atoms with Gasteiger partial charge in [-0.3, -0.25) is 0 Å². The van der Waals surface area contributed by atoms with Gasteiger partial charge in [0, 0.05) is 18.6 Å². The molecule has 1 aromatic heterocycles. The van der Waals surface area contributed by atoms with Gasteiger partial charge in [-0.1, -0.05) is 36.4 Å². The molecule has 0 bridgehead atoms. The molecule has 3 heteroatoms. The summed E-state index contributed by atoms with van der Waals surface area (Å²) >= 11 is 0. The maximum absolute atomic E-state index is 11.9. The van der Waals surface area contributed by atoms with E-state index in [1.165, 1.54) is 7.11 Å². The highest BCUT2D eigenvalue weighted by Crippen LogP contribution is 2.31. The summed E-state index contributed by atoms with van der Waals surface area (Å²) < 4.78 is 6.81. The van der Waals surface area contributed by atoms with Crippen molar-refractivity contribution >= 4 is 16.9 Å². The maximum Gasteiger partial charge on any atom is 0.340 e. The van der Waals surface area contributed by atoms with Crippen molar-refractivity contribution in [1.29, 1.82) is 0 Å². The minimum absolute atomic E-state index is 0.309. The van der Waals surface area contributed by atoms with Crippen molar-refractivity contribution in [3.8, 4) is 11.1 Å². The number of esters is 1. The maximum atomic E-state index is 11.9. The Bertz CT molecular complexity index is 772. The first kappa shape index (κ1) is 12.5. The quantitative estimate of drug-likeness (QED) is 0.662. The number of carbonyl (C=O) groups excluding carboxylic acids is 1. The second kappa shape index (κ2) is 4.85. The van der Waals surface area contributed by atoms with Crippen LogP contribution in [0.3, 0.4) is 0 Å². The standard InChI is InChI=1S/C17H15NO2/c1-18-11-10-14-13(12-6-4-3-5-7-12)8-9-15(16(14)18)17(19)20-2/h3-11H,1-2H3. The molecule has 3 rings (SSSR count). The summed E-state index contributed by atoms with van der Waals surface area (Å²) in [6, 6.07) is 16.0. The van der Waals surface area contributed by atoms with Crippen molar-refractivity contribution < 1.29 is 9.53 Å². The highest BCUT2D eigenvalue weighted by Gasteiger charge is 2.15. The van der Waals surface area contributed by atoms with Crippen molar-refractivity contribution in [2.75, 3.05) is 7.11 Å². The van der Waals surface area contributed by atoms with E-state index in [2.05, 4.69) is 12.1 Å². The molecule has 0 spiro atoms. The summed E-state index contributed by atoms with van der Waals surface area (Å²) in [5, 5.41) is 1.06. The van der Waals surface area contributed by atoms with Crippen LogP contribution in [0.25, 0.3) is 22.0 Å². The first-order valence-electron chi connectivity index (χ1n) is 6.44. The van der Waals surface area contributed by atoms with Gasteiger partial charge >= 0.3 is 5.97 Å². The van der Waals surface area contributed by atoms with Crippen molar-refractivity contribution in [1.82, 2.24) is 4.57 Å². The van der Waals surface area contributed by atoms with Crippen LogP contribution in [0.1, 0.15) is 10.4 Å². The number of rotatable bonds is 2. The number of benzene rings is 2.